The minimum absolute atomic E-state index is 0.206. The number of fused-ring (bicyclic) bond motifs is 1. The van der Waals surface area contributed by atoms with Crippen molar-refractivity contribution in [2.75, 3.05) is 0 Å². The monoisotopic (exact) mass is 227 g/mol. The van der Waals surface area contributed by atoms with Gasteiger partial charge in [-0.1, -0.05) is 6.92 Å². The Labute approximate surface area is 92.1 Å². The van der Waals surface area contributed by atoms with Gasteiger partial charge in [-0.2, -0.15) is 4.37 Å². The van der Waals surface area contributed by atoms with E-state index in [1.54, 1.807) is 0 Å². The number of hydrogen-bond donors (Lipinski definition) is 1. The summed E-state index contributed by atoms with van der Waals surface area (Å²) in [6, 6.07) is 0. The summed E-state index contributed by atoms with van der Waals surface area (Å²) < 4.78 is 9.67. The molecule has 0 amide bonds. The Morgan fingerprint density at radius 2 is 2.47 bits per heavy atom. The first-order valence-electron chi connectivity index (χ1n) is 4.90. The molecule has 2 rings (SSSR count). The van der Waals surface area contributed by atoms with Gasteiger partial charge < -0.3 is 9.84 Å². The molecule has 0 saturated heterocycles. The summed E-state index contributed by atoms with van der Waals surface area (Å²) in [4.78, 5) is 11.9. The Kier molecular flexibility index (Phi) is 2.52. The van der Waals surface area contributed by atoms with E-state index in [2.05, 4.69) is 4.37 Å². The molecule has 15 heavy (non-hydrogen) atoms. The van der Waals surface area contributed by atoms with Gasteiger partial charge in [0, 0.05) is 12.0 Å². The summed E-state index contributed by atoms with van der Waals surface area (Å²) in [5.41, 5.74) is 0.834. The van der Waals surface area contributed by atoms with Crippen LogP contribution in [0.4, 0.5) is 0 Å². The maximum atomic E-state index is 10.9. The van der Waals surface area contributed by atoms with Gasteiger partial charge in [-0.15, -0.1) is 0 Å². The highest BCUT2D eigenvalue weighted by Crippen LogP contribution is 2.34. The highest BCUT2D eigenvalue weighted by Gasteiger charge is 2.33. The van der Waals surface area contributed by atoms with Crippen LogP contribution < -0.4 is 0 Å². The molecule has 1 aromatic heterocycles. The number of carboxylic acids is 1. The van der Waals surface area contributed by atoms with Crippen molar-refractivity contribution in [3.8, 4) is 0 Å². The van der Waals surface area contributed by atoms with E-state index in [-0.39, 0.29) is 11.3 Å². The molecule has 1 aliphatic rings. The summed E-state index contributed by atoms with van der Waals surface area (Å²) in [7, 11) is 0. The van der Waals surface area contributed by atoms with E-state index in [1.165, 1.54) is 11.5 Å². The standard InChI is InChI=1S/C10H13NO3S/c1-3-10(2)4-6-7(5-14-10)15-11-8(6)9(12)13/h3-5H2,1-2H3,(H,12,13). The lowest BCUT2D eigenvalue weighted by atomic mass is 9.90. The fourth-order valence-electron chi connectivity index (χ4n) is 1.70. The molecular formula is C10H13NO3S. The minimum Gasteiger partial charge on any atom is -0.476 e. The van der Waals surface area contributed by atoms with Crippen molar-refractivity contribution < 1.29 is 14.6 Å². The smallest absolute Gasteiger partial charge is 0.355 e. The average Bonchev–Trinajstić information content (AvgIpc) is 2.60. The Morgan fingerprint density at radius 1 is 1.73 bits per heavy atom. The minimum atomic E-state index is -0.937. The van der Waals surface area contributed by atoms with E-state index in [9.17, 15) is 4.79 Å². The van der Waals surface area contributed by atoms with Crippen LogP contribution in [0.3, 0.4) is 0 Å². The lowest BCUT2D eigenvalue weighted by Gasteiger charge is -2.32. The van der Waals surface area contributed by atoms with Crippen molar-refractivity contribution in [2.24, 2.45) is 0 Å². The number of hydrogen-bond acceptors (Lipinski definition) is 4. The molecule has 1 aromatic rings. The molecule has 0 spiro atoms. The van der Waals surface area contributed by atoms with Gasteiger partial charge in [-0.3, -0.25) is 0 Å². The van der Waals surface area contributed by atoms with Gasteiger partial charge in [0.25, 0.3) is 0 Å². The molecule has 0 radical (unpaired) electrons. The maximum Gasteiger partial charge on any atom is 0.355 e. The lowest BCUT2D eigenvalue weighted by molar-refractivity contribution is -0.0548. The van der Waals surface area contributed by atoms with Crippen molar-refractivity contribution >= 4 is 17.5 Å². The number of nitrogens with zero attached hydrogens (tertiary/aromatic N) is 1. The van der Waals surface area contributed by atoms with Crippen LogP contribution in [-0.2, 0) is 17.8 Å². The largest absolute Gasteiger partial charge is 0.476 e. The van der Waals surface area contributed by atoms with Crippen LogP contribution >= 0.6 is 11.5 Å². The highest BCUT2D eigenvalue weighted by atomic mass is 32.1. The van der Waals surface area contributed by atoms with Gasteiger partial charge in [0.05, 0.1) is 17.1 Å². The molecule has 0 fully saturated rings. The predicted molar refractivity (Wildman–Crippen MR) is 56.3 cm³/mol. The quantitative estimate of drug-likeness (QED) is 0.840. The molecule has 5 heteroatoms. The normalized spacial score (nSPS) is 24.9. The Morgan fingerprint density at radius 3 is 3.07 bits per heavy atom. The van der Waals surface area contributed by atoms with Crippen LogP contribution in [0.1, 0.15) is 41.2 Å². The van der Waals surface area contributed by atoms with Gasteiger partial charge >= 0.3 is 5.97 Å². The van der Waals surface area contributed by atoms with E-state index < -0.39 is 5.97 Å². The summed E-state index contributed by atoms with van der Waals surface area (Å²) in [6.07, 6.45) is 1.53. The number of ether oxygens (including phenoxy) is 1. The van der Waals surface area contributed by atoms with Crippen molar-refractivity contribution in [3.63, 3.8) is 0 Å². The Balaban J connectivity index is 2.38. The molecule has 1 N–H and O–H groups in total. The first-order valence-corrected chi connectivity index (χ1v) is 5.68. The maximum absolute atomic E-state index is 10.9. The summed E-state index contributed by atoms with van der Waals surface area (Å²) in [5, 5.41) is 8.98. The molecule has 2 heterocycles. The fraction of sp³-hybridized carbons (Fsp3) is 0.600. The molecule has 0 saturated carbocycles. The molecule has 4 nitrogen and oxygen atoms in total. The highest BCUT2D eigenvalue weighted by molar-refractivity contribution is 7.06. The molecule has 0 aromatic carbocycles. The number of aromatic carboxylic acids is 1. The van der Waals surface area contributed by atoms with Gasteiger partial charge in [0.2, 0.25) is 0 Å². The summed E-state index contributed by atoms with van der Waals surface area (Å²) in [5.74, 6) is -0.937. The van der Waals surface area contributed by atoms with E-state index in [4.69, 9.17) is 9.84 Å². The van der Waals surface area contributed by atoms with Crippen LogP contribution in [0.15, 0.2) is 0 Å². The number of carbonyl (C=O) groups is 1. The molecule has 0 bridgehead atoms. The fourth-order valence-corrected chi connectivity index (χ4v) is 2.48. The third kappa shape index (κ3) is 1.77. The summed E-state index contributed by atoms with van der Waals surface area (Å²) in [6.45, 7) is 4.55. The number of rotatable bonds is 2. The first-order chi connectivity index (χ1) is 7.06. The molecular weight excluding hydrogens is 214 g/mol. The third-order valence-electron chi connectivity index (χ3n) is 2.92. The topological polar surface area (TPSA) is 59.4 Å². The number of aromatic nitrogens is 1. The zero-order chi connectivity index (χ0) is 11.1. The van der Waals surface area contributed by atoms with E-state index in [0.29, 0.717) is 13.0 Å². The van der Waals surface area contributed by atoms with Crippen molar-refractivity contribution in [3.05, 3.63) is 16.1 Å². The lowest BCUT2D eigenvalue weighted by Crippen LogP contribution is -2.34. The van der Waals surface area contributed by atoms with E-state index in [1.807, 2.05) is 13.8 Å². The average molecular weight is 227 g/mol. The second-order valence-corrected chi connectivity index (χ2v) is 4.86. The predicted octanol–water partition coefficient (Wildman–Crippen LogP) is 2.08. The second kappa shape index (κ2) is 3.57. The van der Waals surface area contributed by atoms with Crippen LogP contribution in [0.2, 0.25) is 0 Å². The molecule has 82 valence electrons. The zero-order valence-electron chi connectivity index (χ0n) is 8.74. The third-order valence-corrected chi connectivity index (χ3v) is 3.78. The van der Waals surface area contributed by atoms with Gasteiger partial charge in [-0.25, -0.2) is 4.79 Å². The van der Waals surface area contributed by atoms with Crippen molar-refractivity contribution in [2.45, 2.75) is 38.9 Å². The van der Waals surface area contributed by atoms with E-state index >= 15 is 0 Å². The first kappa shape index (κ1) is 10.6. The van der Waals surface area contributed by atoms with Gasteiger partial charge in [0.15, 0.2) is 5.69 Å². The van der Waals surface area contributed by atoms with Crippen LogP contribution in [0.25, 0.3) is 0 Å². The van der Waals surface area contributed by atoms with Crippen molar-refractivity contribution in [1.29, 1.82) is 0 Å². The van der Waals surface area contributed by atoms with Gasteiger partial charge in [-0.05, 0) is 24.9 Å². The summed E-state index contributed by atoms with van der Waals surface area (Å²) >= 11 is 1.24. The van der Waals surface area contributed by atoms with Crippen LogP contribution in [-0.4, -0.2) is 21.1 Å². The van der Waals surface area contributed by atoms with Gasteiger partial charge in [0.1, 0.15) is 0 Å². The van der Waals surface area contributed by atoms with E-state index in [0.717, 1.165) is 16.9 Å². The zero-order valence-corrected chi connectivity index (χ0v) is 9.56. The number of carboxylic acid groups (broad SMARTS) is 1. The second-order valence-electron chi connectivity index (χ2n) is 4.01. The molecule has 1 unspecified atom stereocenters. The SMILES string of the molecule is CCC1(C)Cc2c(C(=O)O)nsc2CO1. The molecule has 0 aliphatic carbocycles. The molecule has 1 aliphatic heterocycles. The molecule has 1 atom stereocenters. The van der Waals surface area contributed by atoms with Crippen LogP contribution in [0.5, 0.6) is 0 Å². The Hall–Kier alpha value is -0.940. The van der Waals surface area contributed by atoms with Crippen LogP contribution in [0, 0.1) is 0 Å². The van der Waals surface area contributed by atoms with Crippen molar-refractivity contribution in [1.82, 2.24) is 4.37 Å². The Bertz CT molecular complexity index is 401.